The summed E-state index contributed by atoms with van der Waals surface area (Å²) in [6.45, 7) is 4.01. The van der Waals surface area contributed by atoms with Crippen LogP contribution in [0.25, 0.3) is 0 Å². The number of hydrogen-bond donors (Lipinski definition) is 1. The van der Waals surface area contributed by atoms with E-state index in [2.05, 4.69) is 10.3 Å². The van der Waals surface area contributed by atoms with Crippen molar-refractivity contribution in [1.29, 1.82) is 0 Å². The number of aryl methyl sites for hydroxylation is 2. The Morgan fingerprint density at radius 1 is 1.19 bits per heavy atom. The van der Waals surface area contributed by atoms with E-state index in [9.17, 15) is 0 Å². The topological polar surface area (TPSA) is 24.9 Å². The highest BCUT2D eigenvalue weighted by Crippen LogP contribution is 2.34. The molecule has 0 atom stereocenters. The largest absolute Gasteiger partial charge is 0.329 e. The van der Waals surface area contributed by atoms with Crippen molar-refractivity contribution in [3.8, 4) is 0 Å². The van der Waals surface area contributed by atoms with Gasteiger partial charge in [0.1, 0.15) is 0 Å². The van der Waals surface area contributed by atoms with Crippen LogP contribution in [0.2, 0.25) is 10.0 Å². The summed E-state index contributed by atoms with van der Waals surface area (Å²) >= 11 is 13.7. The van der Waals surface area contributed by atoms with Crippen molar-refractivity contribution < 1.29 is 0 Å². The van der Waals surface area contributed by atoms with Gasteiger partial charge in [-0.2, -0.15) is 0 Å². The van der Waals surface area contributed by atoms with Gasteiger partial charge in [0.25, 0.3) is 0 Å². The molecule has 0 aliphatic rings. The number of hydrogen-bond acceptors (Lipinski definition) is 3. The minimum Gasteiger partial charge on any atom is -0.329 e. The van der Waals surface area contributed by atoms with Crippen molar-refractivity contribution >= 4 is 45.4 Å². The molecule has 0 radical (unpaired) electrons. The molecule has 0 aliphatic heterocycles. The van der Waals surface area contributed by atoms with Crippen LogP contribution in [-0.2, 0) is 0 Å². The molecule has 0 fully saturated rings. The van der Waals surface area contributed by atoms with Crippen LogP contribution in [0, 0.1) is 13.8 Å². The fourth-order valence-corrected chi connectivity index (χ4v) is 2.56. The zero-order valence-electron chi connectivity index (χ0n) is 8.84. The summed E-state index contributed by atoms with van der Waals surface area (Å²) in [5.41, 5.74) is 1.73. The Kier molecular flexibility index (Phi) is 3.38. The Balaban J connectivity index is 2.33. The van der Waals surface area contributed by atoms with Gasteiger partial charge in [0.15, 0.2) is 5.13 Å². The highest BCUT2D eigenvalue weighted by atomic mass is 35.5. The molecule has 84 valence electrons. The van der Waals surface area contributed by atoms with Crippen molar-refractivity contribution in [2.45, 2.75) is 13.8 Å². The van der Waals surface area contributed by atoms with E-state index in [4.69, 9.17) is 23.2 Å². The smallest absolute Gasteiger partial charge is 0.187 e. The first-order chi connectivity index (χ1) is 7.58. The zero-order valence-corrected chi connectivity index (χ0v) is 11.2. The third-order valence-corrected chi connectivity index (χ3v) is 3.84. The summed E-state index contributed by atoms with van der Waals surface area (Å²) in [5, 5.41) is 5.15. The second kappa shape index (κ2) is 4.62. The van der Waals surface area contributed by atoms with Gasteiger partial charge in [0.05, 0.1) is 21.4 Å². The van der Waals surface area contributed by atoms with Gasteiger partial charge in [0, 0.05) is 4.88 Å². The SMILES string of the molecule is Cc1nc(Nc2c(Cl)cccc2Cl)sc1C. The maximum absolute atomic E-state index is 6.06. The van der Waals surface area contributed by atoms with Crippen molar-refractivity contribution in [3.05, 3.63) is 38.8 Å². The molecule has 2 nitrogen and oxygen atoms in total. The number of halogens is 2. The number of anilines is 2. The quantitative estimate of drug-likeness (QED) is 0.849. The number of nitrogens with one attached hydrogen (secondary N) is 1. The fourth-order valence-electron chi connectivity index (χ4n) is 1.25. The minimum absolute atomic E-state index is 0.595. The van der Waals surface area contributed by atoms with Gasteiger partial charge in [-0.15, -0.1) is 11.3 Å². The first kappa shape index (κ1) is 11.7. The van der Waals surface area contributed by atoms with Crippen LogP contribution in [0.5, 0.6) is 0 Å². The molecular weight excluding hydrogens is 263 g/mol. The molecule has 1 N–H and O–H groups in total. The lowest BCUT2D eigenvalue weighted by Crippen LogP contribution is -1.91. The first-order valence-electron chi connectivity index (χ1n) is 4.73. The van der Waals surface area contributed by atoms with Gasteiger partial charge in [0.2, 0.25) is 0 Å². The summed E-state index contributed by atoms with van der Waals surface area (Å²) < 4.78 is 0. The normalized spacial score (nSPS) is 10.5. The second-order valence-corrected chi connectivity index (χ2v) is 5.40. The summed E-state index contributed by atoms with van der Waals surface area (Å²) in [6, 6.07) is 5.40. The predicted octanol–water partition coefficient (Wildman–Crippen LogP) is 4.81. The maximum Gasteiger partial charge on any atom is 0.187 e. The summed E-state index contributed by atoms with van der Waals surface area (Å²) in [7, 11) is 0. The van der Waals surface area contributed by atoms with Crippen LogP contribution >= 0.6 is 34.5 Å². The highest BCUT2D eigenvalue weighted by Gasteiger charge is 2.08. The van der Waals surface area contributed by atoms with Crippen molar-refractivity contribution in [3.63, 3.8) is 0 Å². The maximum atomic E-state index is 6.06. The van der Waals surface area contributed by atoms with Crippen molar-refractivity contribution in [1.82, 2.24) is 4.98 Å². The number of thiazole rings is 1. The van der Waals surface area contributed by atoms with E-state index in [0.29, 0.717) is 15.7 Å². The van der Waals surface area contributed by atoms with Crippen LogP contribution in [-0.4, -0.2) is 4.98 Å². The zero-order chi connectivity index (χ0) is 11.7. The van der Waals surface area contributed by atoms with Crippen molar-refractivity contribution in [2.75, 3.05) is 5.32 Å². The Labute approximate surface area is 108 Å². The van der Waals surface area contributed by atoms with Crippen LogP contribution in [0.1, 0.15) is 10.6 Å². The molecule has 0 saturated carbocycles. The number of benzene rings is 1. The third kappa shape index (κ3) is 2.32. The molecule has 0 saturated heterocycles. The van der Waals surface area contributed by atoms with Gasteiger partial charge in [-0.3, -0.25) is 0 Å². The van der Waals surface area contributed by atoms with Gasteiger partial charge in [-0.05, 0) is 26.0 Å². The summed E-state index contributed by atoms with van der Waals surface area (Å²) in [5.74, 6) is 0. The molecule has 0 bridgehead atoms. The molecule has 1 aromatic carbocycles. The molecular formula is C11H10Cl2N2S. The average Bonchev–Trinajstić information content (AvgIpc) is 2.53. The molecule has 1 aromatic heterocycles. The van der Waals surface area contributed by atoms with E-state index >= 15 is 0 Å². The molecule has 1 heterocycles. The Bertz CT molecular complexity index is 483. The van der Waals surface area contributed by atoms with Gasteiger partial charge in [-0.1, -0.05) is 29.3 Å². The first-order valence-corrected chi connectivity index (χ1v) is 6.30. The molecule has 2 aromatic rings. The molecule has 16 heavy (non-hydrogen) atoms. The molecule has 5 heteroatoms. The van der Waals surface area contributed by atoms with E-state index < -0.39 is 0 Å². The van der Waals surface area contributed by atoms with Gasteiger partial charge >= 0.3 is 0 Å². The van der Waals surface area contributed by atoms with E-state index in [0.717, 1.165) is 10.8 Å². The summed E-state index contributed by atoms with van der Waals surface area (Å²) in [4.78, 5) is 5.56. The number of rotatable bonds is 2. The van der Waals surface area contributed by atoms with Gasteiger partial charge < -0.3 is 5.32 Å². The van der Waals surface area contributed by atoms with Crippen LogP contribution in [0.3, 0.4) is 0 Å². The number of para-hydroxylation sites is 1. The van der Waals surface area contributed by atoms with Crippen LogP contribution < -0.4 is 5.32 Å². The van der Waals surface area contributed by atoms with E-state index in [1.807, 2.05) is 19.9 Å². The Morgan fingerprint density at radius 3 is 2.31 bits per heavy atom. The molecule has 0 spiro atoms. The average molecular weight is 273 g/mol. The lowest BCUT2D eigenvalue weighted by Gasteiger charge is -2.06. The molecule has 2 rings (SSSR count). The third-order valence-electron chi connectivity index (χ3n) is 2.22. The fraction of sp³-hybridized carbons (Fsp3) is 0.182. The Hall–Kier alpha value is -0.770. The van der Waals surface area contributed by atoms with E-state index in [-0.39, 0.29) is 0 Å². The standard InChI is InChI=1S/C11H10Cl2N2S/c1-6-7(2)16-11(14-6)15-10-8(12)4-3-5-9(10)13/h3-5H,1-2H3,(H,14,15). The highest BCUT2D eigenvalue weighted by molar-refractivity contribution is 7.15. The molecule has 0 aliphatic carbocycles. The van der Waals surface area contributed by atoms with E-state index in [1.165, 1.54) is 4.88 Å². The lowest BCUT2D eigenvalue weighted by molar-refractivity contribution is 1.23. The van der Waals surface area contributed by atoms with Crippen LogP contribution in [0.4, 0.5) is 10.8 Å². The Morgan fingerprint density at radius 2 is 1.81 bits per heavy atom. The lowest BCUT2D eigenvalue weighted by atomic mass is 10.3. The van der Waals surface area contributed by atoms with Crippen LogP contribution in [0.15, 0.2) is 18.2 Å². The number of aromatic nitrogens is 1. The number of nitrogens with zero attached hydrogens (tertiary/aromatic N) is 1. The molecule has 0 unspecified atom stereocenters. The monoisotopic (exact) mass is 272 g/mol. The summed E-state index contributed by atoms with van der Waals surface area (Å²) in [6.07, 6.45) is 0. The predicted molar refractivity (Wildman–Crippen MR) is 71.3 cm³/mol. The van der Waals surface area contributed by atoms with E-state index in [1.54, 1.807) is 23.5 Å². The molecule has 0 amide bonds. The van der Waals surface area contributed by atoms with Crippen molar-refractivity contribution in [2.24, 2.45) is 0 Å². The minimum atomic E-state index is 0.595. The second-order valence-electron chi connectivity index (χ2n) is 3.38. The van der Waals surface area contributed by atoms with Gasteiger partial charge in [-0.25, -0.2) is 4.98 Å².